The number of methoxy groups -OCH3 is 1. The van der Waals surface area contributed by atoms with Crippen LogP contribution >= 0.6 is 0 Å². The molecule has 0 atom stereocenters. The third kappa shape index (κ3) is 4.05. The number of hydrogen-bond acceptors (Lipinski definition) is 4. The first kappa shape index (κ1) is 15.9. The summed E-state index contributed by atoms with van der Waals surface area (Å²) in [6.07, 6.45) is 7.33. The van der Waals surface area contributed by atoms with Crippen LogP contribution in [0.25, 0.3) is 0 Å². The van der Waals surface area contributed by atoms with Crippen molar-refractivity contribution in [2.75, 3.05) is 38.3 Å². The van der Waals surface area contributed by atoms with E-state index in [4.69, 9.17) is 9.47 Å². The van der Waals surface area contributed by atoms with E-state index in [-0.39, 0.29) is 18.6 Å². The summed E-state index contributed by atoms with van der Waals surface area (Å²) in [7, 11) is 1.55. The van der Waals surface area contributed by atoms with E-state index in [1.165, 1.54) is 5.69 Å². The van der Waals surface area contributed by atoms with E-state index in [0.29, 0.717) is 0 Å². The maximum atomic E-state index is 11.8. The Kier molecular flexibility index (Phi) is 5.18. The zero-order valence-electron chi connectivity index (χ0n) is 13.6. The highest BCUT2D eigenvalue weighted by molar-refractivity contribution is 5.77. The highest BCUT2D eigenvalue weighted by Crippen LogP contribution is 2.24. The first-order valence-electron chi connectivity index (χ1n) is 8.23. The van der Waals surface area contributed by atoms with E-state index in [0.717, 1.165) is 44.6 Å². The second-order valence-corrected chi connectivity index (χ2v) is 5.99. The standard InChI is InChI=1S/C18H24N2O3/c1-22-14-18(21)20-12-8-17(9-13-20)23-16-6-4-15(5-7-16)19-10-2-3-11-19/h2,4-7,10,17H,3,8-9,11-14H2,1H3. The molecule has 2 heterocycles. The summed E-state index contributed by atoms with van der Waals surface area (Å²) in [5, 5.41) is 0. The molecule has 0 radical (unpaired) electrons. The van der Waals surface area contributed by atoms with Gasteiger partial charge in [0.2, 0.25) is 5.91 Å². The van der Waals surface area contributed by atoms with Crippen LogP contribution in [0.5, 0.6) is 5.75 Å². The Morgan fingerprint density at radius 1 is 1.17 bits per heavy atom. The van der Waals surface area contributed by atoms with Gasteiger partial charge in [0, 0.05) is 51.5 Å². The molecule has 0 bridgehead atoms. The molecule has 3 rings (SSSR count). The minimum atomic E-state index is 0.0639. The number of carbonyl (C=O) groups is 1. The zero-order valence-corrected chi connectivity index (χ0v) is 13.6. The largest absolute Gasteiger partial charge is 0.490 e. The Morgan fingerprint density at radius 3 is 2.52 bits per heavy atom. The monoisotopic (exact) mass is 316 g/mol. The lowest BCUT2D eigenvalue weighted by Crippen LogP contribution is -2.43. The summed E-state index contributed by atoms with van der Waals surface area (Å²) >= 11 is 0. The van der Waals surface area contributed by atoms with Crippen LogP contribution in [0.4, 0.5) is 5.69 Å². The number of nitrogens with zero attached hydrogens (tertiary/aromatic N) is 2. The van der Waals surface area contributed by atoms with Crippen molar-refractivity contribution in [2.24, 2.45) is 0 Å². The van der Waals surface area contributed by atoms with Gasteiger partial charge in [0.05, 0.1) is 0 Å². The smallest absolute Gasteiger partial charge is 0.248 e. The van der Waals surface area contributed by atoms with Crippen molar-refractivity contribution >= 4 is 11.6 Å². The summed E-state index contributed by atoms with van der Waals surface area (Å²) in [6, 6.07) is 8.26. The summed E-state index contributed by atoms with van der Waals surface area (Å²) in [5.74, 6) is 0.965. The van der Waals surface area contributed by atoms with E-state index < -0.39 is 0 Å². The fourth-order valence-corrected chi connectivity index (χ4v) is 3.05. The number of rotatable bonds is 5. The summed E-state index contributed by atoms with van der Waals surface area (Å²) in [5.41, 5.74) is 1.20. The van der Waals surface area contributed by atoms with Gasteiger partial charge in [-0.2, -0.15) is 0 Å². The third-order valence-electron chi connectivity index (χ3n) is 4.36. The molecule has 0 N–H and O–H groups in total. The van der Waals surface area contributed by atoms with Gasteiger partial charge in [-0.15, -0.1) is 0 Å². The van der Waals surface area contributed by atoms with E-state index in [9.17, 15) is 4.79 Å². The lowest BCUT2D eigenvalue weighted by Gasteiger charge is -2.32. The number of likely N-dealkylation sites (tertiary alicyclic amines) is 1. The SMILES string of the molecule is COCC(=O)N1CCC(Oc2ccc(N3C=CCC3)cc2)CC1. The van der Waals surface area contributed by atoms with E-state index in [2.05, 4.69) is 29.3 Å². The molecule has 0 saturated carbocycles. The molecule has 1 saturated heterocycles. The van der Waals surface area contributed by atoms with Crippen molar-refractivity contribution in [3.05, 3.63) is 36.5 Å². The van der Waals surface area contributed by atoms with Gasteiger partial charge >= 0.3 is 0 Å². The van der Waals surface area contributed by atoms with Crippen molar-refractivity contribution < 1.29 is 14.3 Å². The molecule has 5 nitrogen and oxygen atoms in total. The van der Waals surface area contributed by atoms with Gasteiger partial charge in [0.25, 0.3) is 0 Å². The highest BCUT2D eigenvalue weighted by Gasteiger charge is 2.23. The fraction of sp³-hybridized carbons (Fsp3) is 0.500. The van der Waals surface area contributed by atoms with E-state index in [1.54, 1.807) is 7.11 Å². The van der Waals surface area contributed by atoms with Gasteiger partial charge in [-0.3, -0.25) is 4.79 Å². The molecule has 1 aromatic carbocycles. The summed E-state index contributed by atoms with van der Waals surface area (Å²) < 4.78 is 11.0. The van der Waals surface area contributed by atoms with Crippen LogP contribution < -0.4 is 9.64 Å². The second-order valence-electron chi connectivity index (χ2n) is 5.99. The molecule has 0 spiro atoms. The van der Waals surface area contributed by atoms with Gasteiger partial charge in [-0.1, -0.05) is 6.08 Å². The first-order valence-corrected chi connectivity index (χ1v) is 8.23. The lowest BCUT2D eigenvalue weighted by molar-refractivity contribution is -0.136. The molecule has 0 aromatic heterocycles. The minimum absolute atomic E-state index is 0.0639. The average Bonchev–Trinajstić information content (AvgIpc) is 3.11. The average molecular weight is 316 g/mol. The molecule has 124 valence electrons. The molecule has 1 fully saturated rings. The van der Waals surface area contributed by atoms with E-state index >= 15 is 0 Å². The molecule has 1 amide bonds. The minimum Gasteiger partial charge on any atom is -0.490 e. The molecule has 5 heteroatoms. The first-order chi connectivity index (χ1) is 11.3. The Hall–Kier alpha value is -2.01. The summed E-state index contributed by atoms with van der Waals surface area (Å²) in [4.78, 5) is 15.9. The maximum Gasteiger partial charge on any atom is 0.248 e. The van der Waals surface area contributed by atoms with Gasteiger partial charge < -0.3 is 19.3 Å². The van der Waals surface area contributed by atoms with Crippen LogP contribution in [-0.2, 0) is 9.53 Å². The van der Waals surface area contributed by atoms with Crippen molar-refractivity contribution in [1.82, 2.24) is 4.90 Å². The van der Waals surface area contributed by atoms with Crippen LogP contribution in [0.15, 0.2) is 36.5 Å². The molecule has 1 aromatic rings. The Morgan fingerprint density at radius 2 is 1.91 bits per heavy atom. The number of benzene rings is 1. The summed E-state index contributed by atoms with van der Waals surface area (Å²) in [6.45, 7) is 2.69. The zero-order chi connectivity index (χ0) is 16.1. The molecular formula is C18H24N2O3. The predicted molar refractivity (Wildman–Crippen MR) is 89.7 cm³/mol. The Bertz CT molecular complexity index is 548. The van der Waals surface area contributed by atoms with Crippen molar-refractivity contribution in [2.45, 2.75) is 25.4 Å². The normalized spacial score (nSPS) is 18.5. The molecule has 2 aliphatic rings. The fourth-order valence-electron chi connectivity index (χ4n) is 3.05. The van der Waals surface area contributed by atoms with Crippen LogP contribution in [0.2, 0.25) is 0 Å². The second kappa shape index (κ2) is 7.51. The van der Waals surface area contributed by atoms with Crippen LogP contribution in [-0.4, -0.2) is 50.3 Å². The van der Waals surface area contributed by atoms with Gasteiger partial charge in [0.15, 0.2) is 0 Å². The Labute approximate surface area is 137 Å². The quantitative estimate of drug-likeness (QED) is 0.837. The number of anilines is 1. The van der Waals surface area contributed by atoms with Crippen molar-refractivity contribution in [3.8, 4) is 5.75 Å². The van der Waals surface area contributed by atoms with Crippen molar-refractivity contribution in [3.63, 3.8) is 0 Å². The predicted octanol–water partition coefficient (Wildman–Crippen LogP) is 2.43. The molecule has 0 aliphatic carbocycles. The molecule has 23 heavy (non-hydrogen) atoms. The van der Waals surface area contributed by atoms with Crippen LogP contribution in [0.3, 0.4) is 0 Å². The molecule has 2 aliphatic heterocycles. The number of ether oxygens (including phenoxy) is 2. The van der Waals surface area contributed by atoms with Crippen LogP contribution in [0.1, 0.15) is 19.3 Å². The molecular weight excluding hydrogens is 292 g/mol. The van der Waals surface area contributed by atoms with Gasteiger partial charge in [-0.25, -0.2) is 0 Å². The van der Waals surface area contributed by atoms with Gasteiger partial charge in [0.1, 0.15) is 18.5 Å². The highest BCUT2D eigenvalue weighted by atomic mass is 16.5. The lowest BCUT2D eigenvalue weighted by atomic mass is 10.1. The van der Waals surface area contributed by atoms with Crippen molar-refractivity contribution in [1.29, 1.82) is 0 Å². The topological polar surface area (TPSA) is 42.0 Å². The molecule has 0 unspecified atom stereocenters. The third-order valence-corrected chi connectivity index (χ3v) is 4.36. The maximum absolute atomic E-state index is 11.8. The number of amides is 1. The van der Waals surface area contributed by atoms with Crippen LogP contribution in [0, 0.1) is 0 Å². The Balaban J connectivity index is 1.48. The number of hydrogen-bond donors (Lipinski definition) is 0. The van der Waals surface area contributed by atoms with Gasteiger partial charge in [-0.05, 0) is 30.7 Å². The number of piperidine rings is 1. The van der Waals surface area contributed by atoms with E-state index in [1.807, 2.05) is 17.0 Å². The number of carbonyl (C=O) groups excluding carboxylic acids is 1.